The molecule has 23 heavy (non-hydrogen) atoms. The van der Waals surface area contributed by atoms with Gasteiger partial charge in [-0.05, 0) is 34.5 Å². The summed E-state index contributed by atoms with van der Waals surface area (Å²) in [6.07, 6.45) is 5.58. The van der Waals surface area contributed by atoms with Crippen molar-refractivity contribution in [2.24, 2.45) is 10.7 Å². The quantitative estimate of drug-likeness (QED) is 0.824. The van der Waals surface area contributed by atoms with Crippen molar-refractivity contribution in [2.45, 2.75) is 30.7 Å². The zero-order chi connectivity index (χ0) is 16.4. The second kappa shape index (κ2) is 4.57. The van der Waals surface area contributed by atoms with Crippen molar-refractivity contribution in [2.75, 3.05) is 7.05 Å². The van der Waals surface area contributed by atoms with Crippen LogP contribution >= 0.6 is 15.9 Å². The van der Waals surface area contributed by atoms with Gasteiger partial charge in [-0.2, -0.15) is 0 Å². The Morgan fingerprint density at radius 3 is 2.70 bits per heavy atom. The van der Waals surface area contributed by atoms with Crippen LogP contribution in [0.15, 0.2) is 51.5 Å². The number of halogens is 1. The molecule has 4 rings (SSSR count). The minimum atomic E-state index is -0.654. The van der Waals surface area contributed by atoms with Gasteiger partial charge >= 0.3 is 0 Å². The van der Waals surface area contributed by atoms with Gasteiger partial charge in [-0.1, -0.05) is 52.3 Å². The van der Waals surface area contributed by atoms with Gasteiger partial charge in [0.15, 0.2) is 5.96 Å². The van der Waals surface area contributed by atoms with Crippen molar-refractivity contribution < 1.29 is 4.79 Å². The standard InChI is InChI=1S/C18H18BrN3O/c1-17(12-7-8-13(19)9-12)18(15(23)22(2)16(20)21-17)10-11-5-3-4-6-14(11)18/h3-8H,9-10H2,1-2H3,(H2,20,21)/t17-,18-/m1/s1. The van der Waals surface area contributed by atoms with E-state index in [1.807, 2.05) is 25.1 Å². The number of rotatable bonds is 1. The second-order valence-corrected chi connectivity index (χ2v) is 7.65. The number of benzene rings is 1. The third-order valence-electron chi connectivity index (χ3n) is 5.57. The number of likely N-dealkylation sites (N-methyl/N-ethyl adjacent to an activating group) is 1. The molecule has 2 aliphatic carbocycles. The number of hydrogen-bond donors (Lipinski definition) is 1. The van der Waals surface area contributed by atoms with Gasteiger partial charge in [-0.15, -0.1) is 0 Å². The summed E-state index contributed by atoms with van der Waals surface area (Å²) >= 11 is 3.55. The van der Waals surface area contributed by atoms with Gasteiger partial charge in [0.2, 0.25) is 5.91 Å². The summed E-state index contributed by atoms with van der Waals surface area (Å²) < 4.78 is 1.11. The lowest BCUT2D eigenvalue weighted by atomic mass is 9.51. The van der Waals surface area contributed by atoms with Crippen molar-refractivity contribution in [1.82, 2.24) is 4.90 Å². The number of carbonyl (C=O) groups is 1. The zero-order valence-corrected chi connectivity index (χ0v) is 14.7. The molecule has 0 radical (unpaired) electrons. The van der Waals surface area contributed by atoms with Crippen molar-refractivity contribution in [3.63, 3.8) is 0 Å². The van der Waals surface area contributed by atoms with Crippen LogP contribution in [0, 0.1) is 0 Å². The zero-order valence-electron chi connectivity index (χ0n) is 13.1. The summed E-state index contributed by atoms with van der Waals surface area (Å²) in [5, 5.41) is 0. The van der Waals surface area contributed by atoms with Crippen molar-refractivity contribution in [3.05, 3.63) is 57.6 Å². The van der Waals surface area contributed by atoms with Crippen LogP contribution in [-0.2, 0) is 16.6 Å². The van der Waals surface area contributed by atoms with Crippen molar-refractivity contribution in [1.29, 1.82) is 0 Å². The first kappa shape index (κ1) is 14.7. The monoisotopic (exact) mass is 371 g/mol. The minimum absolute atomic E-state index is 0.0372. The van der Waals surface area contributed by atoms with Crippen LogP contribution < -0.4 is 5.73 Å². The number of hydrogen-bond acceptors (Lipinski definition) is 3. The predicted molar refractivity (Wildman–Crippen MR) is 94.3 cm³/mol. The molecule has 1 aliphatic heterocycles. The fourth-order valence-electron chi connectivity index (χ4n) is 4.16. The van der Waals surface area contributed by atoms with Gasteiger partial charge in [0, 0.05) is 13.5 Å². The van der Waals surface area contributed by atoms with E-state index in [1.165, 1.54) is 10.5 Å². The van der Waals surface area contributed by atoms with Crippen molar-refractivity contribution in [3.8, 4) is 0 Å². The molecule has 4 nitrogen and oxygen atoms in total. The maximum atomic E-state index is 13.3. The highest BCUT2D eigenvalue weighted by molar-refractivity contribution is 9.11. The lowest BCUT2D eigenvalue weighted by molar-refractivity contribution is -0.137. The van der Waals surface area contributed by atoms with E-state index in [-0.39, 0.29) is 11.9 Å². The van der Waals surface area contributed by atoms with Crippen LogP contribution in [0.4, 0.5) is 0 Å². The molecule has 2 atom stereocenters. The van der Waals surface area contributed by atoms with E-state index in [2.05, 4.69) is 34.1 Å². The fraction of sp³-hybridized carbons (Fsp3) is 0.333. The predicted octanol–water partition coefficient (Wildman–Crippen LogP) is 2.63. The fourth-order valence-corrected chi connectivity index (χ4v) is 4.59. The van der Waals surface area contributed by atoms with E-state index in [4.69, 9.17) is 10.7 Å². The van der Waals surface area contributed by atoms with Crippen LogP contribution in [-0.4, -0.2) is 29.4 Å². The maximum Gasteiger partial charge on any atom is 0.242 e. The largest absolute Gasteiger partial charge is 0.369 e. The molecule has 1 spiro atoms. The Bertz CT molecular complexity index is 825. The smallest absolute Gasteiger partial charge is 0.242 e. The van der Waals surface area contributed by atoms with E-state index in [0.29, 0.717) is 6.42 Å². The van der Waals surface area contributed by atoms with Crippen LogP contribution in [0.2, 0.25) is 0 Å². The summed E-state index contributed by atoms with van der Waals surface area (Å²) in [5.74, 6) is 0.326. The maximum absolute atomic E-state index is 13.3. The van der Waals surface area contributed by atoms with Gasteiger partial charge < -0.3 is 5.73 Å². The van der Waals surface area contributed by atoms with Crippen LogP contribution in [0.3, 0.4) is 0 Å². The molecule has 5 heteroatoms. The average molecular weight is 372 g/mol. The Balaban J connectivity index is 1.94. The van der Waals surface area contributed by atoms with E-state index in [0.717, 1.165) is 22.0 Å². The van der Waals surface area contributed by atoms with Gasteiger partial charge in [-0.3, -0.25) is 9.69 Å². The average Bonchev–Trinajstić information content (AvgIpc) is 2.93. The van der Waals surface area contributed by atoms with Crippen molar-refractivity contribution >= 4 is 27.8 Å². The van der Waals surface area contributed by atoms with E-state index >= 15 is 0 Å². The Morgan fingerprint density at radius 2 is 2.04 bits per heavy atom. The number of fused-ring (bicyclic) bond motifs is 2. The highest BCUT2D eigenvalue weighted by Crippen LogP contribution is 2.56. The Labute approximate surface area is 143 Å². The highest BCUT2D eigenvalue weighted by Gasteiger charge is 2.65. The Kier molecular flexibility index (Phi) is 2.92. The number of guanidine groups is 1. The van der Waals surface area contributed by atoms with E-state index in [9.17, 15) is 4.79 Å². The molecule has 1 heterocycles. The molecule has 1 aromatic carbocycles. The van der Waals surface area contributed by atoms with Gasteiger partial charge in [0.25, 0.3) is 0 Å². The molecule has 0 saturated heterocycles. The third-order valence-corrected chi connectivity index (χ3v) is 6.11. The topological polar surface area (TPSA) is 58.7 Å². The molecule has 0 unspecified atom stereocenters. The Hall–Kier alpha value is -1.88. The van der Waals surface area contributed by atoms with E-state index in [1.54, 1.807) is 7.05 Å². The second-order valence-electron chi connectivity index (χ2n) is 6.63. The van der Waals surface area contributed by atoms with Gasteiger partial charge in [-0.25, -0.2) is 4.99 Å². The molecular weight excluding hydrogens is 354 g/mol. The number of nitrogens with zero attached hydrogens (tertiary/aromatic N) is 2. The summed E-state index contributed by atoms with van der Waals surface area (Å²) in [6.45, 7) is 2.05. The number of amides is 1. The molecule has 118 valence electrons. The van der Waals surface area contributed by atoms with Crippen LogP contribution in [0.5, 0.6) is 0 Å². The molecular formula is C18H18BrN3O. The highest BCUT2D eigenvalue weighted by atomic mass is 79.9. The summed E-state index contributed by atoms with van der Waals surface area (Å²) in [6, 6.07) is 8.15. The minimum Gasteiger partial charge on any atom is -0.369 e. The first-order valence-electron chi connectivity index (χ1n) is 7.68. The summed E-state index contributed by atoms with van der Waals surface area (Å²) in [5.41, 5.74) is 8.19. The molecule has 1 aromatic rings. The molecule has 0 bridgehead atoms. The number of carbonyl (C=O) groups excluding carboxylic acids is 1. The molecule has 3 aliphatic rings. The first-order valence-corrected chi connectivity index (χ1v) is 8.47. The summed E-state index contributed by atoms with van der Waals surface area (Å²) in [7, 11) is 1.71. The van der Waals surface area contributed by atoms with E-state index < -0.39 is 11.0 Å². The Morgan fingerprint density at radius 1 is 1.30 bits per heavy atom. The molecule has 2 N–H and O–H groups in total. The summed E-state index contributed by atoms with van der Waals surface area (Å²) in [4.78, 5) is 19.6. The molecule has 1 amide bonds. The van der Waals surface area contributed by atoms with Crippen LogP contribution in [0.1, 0.15) is 24.5 Å². The third kappa shape index (κ3) is 1.66. The number of allylic oxidation sites excluding steroid dienone is 3. The normalized spacial score (nSPS) is 32.2. The lowest BCUT2D eigenvalue weighted by Gasteiger charge is -2.56. The molecule has 0 saturated carbocycles. The van der Waals surface area contributed by atoms with Gasteiger partial charge in [0.1, 0.15) is 11.0 Å². The lowest BCUT2D eigenvalue weighted by Crippen LogP contribution is -2.69. The molecule has 0 aromatic heterocycles. The molecule has 0 fully saturated rings. The van der Waals surface area contributed by atoms with Crippen LogP contribution in [0.25, 0.3) is 0 Å². The van der Waals surface area contributed by atoms with Gasteiger partial charge in [0.05, 0.1) is 0 Å². The first-order chi connectivity index (χ1) is 10.9. The SMILES string of the molecule is CN1C(=O)[C@]2(Cc3ccccc32)[C@@](C)(C2=CC=C(Br)C2)N=C1N. The number of nitrogens with two attached hydrogens (primary N) is 1. The number of aliphatic imine (C=N–C) groups is 1.